The summed E-state index contributed by atoms with van der Waals surface area (Å²) in [6.45, 7) is 2.45. The second-order valence-electron chi connectivity index (χ2n) is 6.59. The van der Waals surface area contributed by atoms with E-state index in [1.165, 1.54) is 0 Å². The lowest BCUT2D eigenvalue weighted by atomic mass is 10.1. The summed E-state index contributed by atoms with van der Waals surface area (Å²) in [6, 6.07) is 7.69. The third kappa shape index (κ3) is 3.66. The molecule has 27 heavy (non-hydrogen) atoms. The van der Waals surface area contributed by atoms with Gasteiger partial charge in [-0.05, 0) is 36.1 Å². The van der Waals surface area contributed by atoms with Crippen LogP contribution in [0.15, 0.2) is 18.2 Å². The van der Waals surface area contributed by atoms with Gasteiger partial charge in [0, 0.05) is 19.1 Å². The summed E-state index contributed by atoms with van der Waals surface area (Å²) in [7, 11) is 0. The maximum absolute atomic E-state index is 12.6. The number of morpholine rings is 1. The van der Waals surface area contributed by atoms with Crippen LogP contribution >= 0.6 is 0 Å². The topological polar surface area (TPSA) is 130 Å². The minimum atomic E-state index is -0.378. The van der Waals surface area contributed by atoms with Crippen LogP contribution in [0.3, 0.4) is 0 Å². The molecule has 1 saturated heterocycles. The van der Waals surface area contributed by atoms with Gasteiger partial charge in [-0.25, -0.2) is 0 Å². The minimum Gasteiger partial charge on any atom is -0.378 e. The van der Waals surface area contributed by atoms with Gasteiger partial charge in [-0.15, -0.1) is 0 Å². The molecule has 1 amide bonds. The fourth-order valence-electron chi connectivity index (χ4n) is 3.43. The first kappa shape index (κ1) is 17.2. The van der Waals surface area contributed by atoms with Crippen LogP contribution in [-0.4, -0.2) is 53.2 Å². The molecule has 3 N–H and O–H groups in total. The number of nitrogens with two attached hydrogens (primary N) is 1. The zero-order valence-corrected chi connectivity index (χ0v) is 14.7. The Kier molecular flexibility index (Phi) is 4.56. The van der Waals surface area contributed by atoms with Gasteiger partial charge in [-0.3, -0.25) is 4.79 Å². The van der Waals surface area contributed by atoms with Crippen molar-refractivity contribution in [1.29, 1.82) is 5.26 Å². The molecule has 2 heterocycles. The Labute approximate surface area is 156 Å². The van der Waals surface area contributed by atoms with Crippen LogP contribution in [0.5, 0.6) is 0 Å². The van der Waals surface area contributed by atoms with Gasteiger partial charge >= 0.3 is 0 Å². The summed E-state index contributed by atoms with van der Waals surface area (Å²) in [5.74, 6) is 0.0453. The molecule has 9 heteroatoms. The molecule has 2 aromatic rings. The van der Waals surface area contributed by atoms with E-state index >= 15 is 0 Å². The SMILES string of the molecule is N#Cc1ccc2c(c1)CC(NC(=O)c1nc(N)nc(N3CCOCC3)n1)C2. The van der Waals surface area contributed by atoms with Crippen LogP contribution < -0.4 is 16.0 Å². The number of hydrogen-bond donors (Lipinski definition) is 2. The summed E-state index contributed by atoms with van der Waals surface area (Å²) < 4.78 is 5.32. The van der Waals surface area contributed by atoms with Crippen LogP contribution in [0.25, 0.3) is 0 Å². The number of nitrogens with one attached hydrogen (secondary N) is 1. The highest BCUT2D eigenvalue weighted by Gasteiger charge is 2.25. The Morgan fingerprint density at radius 2 is 2.00 bits per heavy atom. The third-order valence-electron chi connectivity index (χ3n) is 4.74. The Balaban J connectivity index is 1.47. The van der Waals surface area contributed by atoms with Crippen molar-refractivity contribution < 1.29 is 9.53 Å². The lowest BCUT2D eigenvalue weighted by Gasteiger charge is -2.26. The number of anilines is 2. The number of rotatable bonds is 3. The number of nitriles is 1. The highest BCUT2D eigenvalue weighted by Crippen LogP contribution is 2.23. The first-order chi connectivity index (χ1) is 13.1. The maximum atomic E-state index is 12.6. The molecule has 1 atom stereocenters. The van der Waals surface area contributed by atoms with Crippen LogP contribution in [0.2, 0.25) is 0 Å². The molecule has 1 unspecified atom stereocenters. The standard InChI is InChI=1S/C18H19N7O2/c19-10-11-1-2-12-8-14(9-13(12)7-11)21-16(26)15-22-17(20)24-18(23-15)25-3-5-27-6-4-25/h1-2,7,14H,3-6,8-9H2,(H,21,26)(H2,20,22,23,24). The molecule has 1 fully saturated rings. The van der Waals surface area contributed by atoms with E-state index in [0.29, 0.717) is 50.7 Å². The molecule has 0 radical (unpaired) electrons. The van der Waals surface area contributed by atoms with Crippen molar-refractivity contribution in [2.45, 2.75) is 18.9 Å². The maximum Gasteiger partial charge on any atom is 0.289 e. The Hall–Kier alpha value is -3.25. The number of ether oxygens (including phenoxy) is 1. The normalized spacial score (nSPS) is 18.6. The highest BCUT2D eigenvalue weighted by molar-refractivity contribution is 5.91. The molecule has 0 saturated carbocycles. The van der Waals surface area contributed by atoms with E-state index in [2.05, 4.69) is 26.3 Å². The predicted molar refractivity (Wildman–Crippen MR) is 97.1 cm³/mol. The Morgan fingerprint density at radius 3 is 2.78 bits per heavy atom. The van der Waals surface area contributed by atoms with Gasteiger partial charge < -0.3 is 20.7 Å². The van der Waals surface area contributed by atoms with Crippen LogP contribution in [0.1, 0.15) is 27.3 Å². The van der Waals surface area contributed by atoms with E-state index in [1.54, 1.807) is 6.07 Å². The summed E-state index contributed by atoms with van der Waals surface area (Å²) in [6.07, 6.45) is 1.39. The van der Waals surface area contributed by atoms with Gasteiger partial charge in [0.15, 0.2) is 0 Å². The zero-order valence-electron chi connectivity index (χ0n) is 14.7. The fraction of sp³-hybridized carbons (Fsp3) is 0.389. The van der Waals surface area contributed by atoms with E-state index < -0.39 is 0 Å². The molecular weight excluding hydrogens is 346 g/mol. The molecule has 9 nitrogen and oxygen atoms in total. The Morgan fingerprint density at radius 1 is 1.22 bits per heavy atom. The number of hydrogen-bond acceptors (Lipinski definition) is 8. The quantitative estimate of drug-likeness (QED) is 0.781. The number of aromatic nitrogens is 3. The van der Waals surface area contributed by atoms with Crippen molar-refractivity contribution in [3.8, 4) is 6.07 Å². The van der Waals surface area contributed by atoms with Crippen molar-refractivity contribution in [3.63, 3.8) is 0 Å². The zero-order chi connectivity index (χ0) is 18.8. The third-order valence-corrected chi connectivity index (χ3v) is 4.74. The molecular formula is C18H19N7O2. The summed E-state index contributed by atoms with van der Waals surface area (Å²) in [5, 5.41) is 12.0. The van der Waals surface area contributed by atoms with Crippen molar-refractivity contribution in [1.82, 2.24) is 20.3 Å². The fourth-order valence-corrected chi connectivity index (χ4v) is 3.43. The van der Waals surface area contributed by atoms with Gasteiger partial charge in [-0.2, -0.15) is 20.2 Å². The number of benzene rings is 1. The summed E-state index contributed by atoms with van der Waals surface area (Å²) >= 11 is 0. The highest BCUT2D eigenvalue weighted by atomic mass is 16.5. The number of carbonyl (C=O) groups is 1. The van der Waals surface area contributed by atoms with Crippen LogP contribution in [0.4, 0.5) is 11.9 Å². The molecule has 0 spiro atoms. The van der Waals surface area contributed by atoms with Gasteiger partial charge in [0.2, 0.25) is 17.7 Å². The van der Waals surface area contributed by atoms with Crippen molar-refractivity contribution in [2.75, 3.05) is 36.9 Å². The second kappa shape index (κ2) is 7.17. The number of nitrogen functional groups attached to an aromatic ring is 1. The molecule has 1 aliphatic carbocycles. The summed E-state index contributed by atoms with van der Waals surface area (Å²) in [5.41, 5.74) is 8.64. The second-order valence-corrected chi connectivity index (χ2v) is 6.59. The van der Waals surface area contributed by atoms with Crippen molar-refractivity contribution in [3.05, 3.63) is 40.7 Å². The molecule has 1 aromatic carbocycles. The molecule has 1 aromatic heterocycles. The number of nitrogens with zero attached hydrogens (tertiary/aromatic N) is 5. The first-order valence-electron chi connectivity index (χ1n) is 8.79. The van der Waals surface area contributed by atoms with E-state index in [1.807, 2.05) is 17.0 Å². The average molecular weight is 365 g/mol. The molecule has 138 valence electrons. The molecule has 4 rings (SSSR count). The van der Waals surface area contributed by atoms with Crippen LogP contribution in [0, 0.1) is 11.3 Å². The number of fused-ring (bicyclic) bond motifs is 1. The molecule has 1 aliphatic heterocycles. The van der Waals surface area contributed by atoms with Gasteiger partial charge in [0.25, 0.3) is 5.91 Å². The minimum absolute atomic E-state index is 0.0117. The van der Waals surface area contributed by atoms with Gasteiger partial charge in [0.05, 0.1) is 24.8 Å². The van der Waals surface area contributed by atoms with E-state index in [9.17, 15) is 4.79 Å². The largest absolute Gasteiger partial charge is 0.378 e. The van der Waals surface area contributed by atoms with Crippen molar-refractivity contribution >= 4 is 17.8 Å². The van der Waals surface area contributed by atoms with Gasteiger partial charge in [-0.1, -0.05) is 6.07 Å². The monoisotopic (exact) mass is 365 g/mol. The first-order valence-corrected chi connectivity index (χ1v) is 8.79. The lowest BCUT2D eigenvalue weighted by molar-refractivity contribution is 0.0927. The lowest BCUT2D eigenvalue weighted by Crippen LogP contribution is -2.39. The number of amides is 1. The van der Waals surface area contributed by atoms with E-state index in [0.717, 1.165) is 11.1 Å². The summed E-state index contributed by atoms with van der Waals surface area (Å²) in [4.78, 5) is 27.0. The van der Waals surface area contributed by atoms with E-state index in [-0.39, 0.29) is 23.7 Å². The smallest absolute Gasteiger partial charge is 0.289 e. The predicted octanol–water partition coefficient (Wildman–Crippen LogP) is 0.0593. The van der Waals surface area contributed by atoms with Gasteiger partial charge in [0.1, 0.15) is 0 Å². The van der Waals surface area contributed by atoms with Crippen LogP contribution in [-0.2, 0) is 17.6 Å². The average Bonchev–Trinajstić information content (AvgIpc) is 3.09. The molecule has 2 aliphatic rings. The molecule has 0 bridgehead atoms. The van der Waals surface area contributed by atoms with Crippen molar-refractivity contribution in [2.24, 2.45) is 0 Å². The number of carbonyl (C=O) groups excluding carboxylic acids is 1. The Bertz CT molecular complexity index is 918. The van der Waals surface area contributed by atoms with E-state index in [4.69, 9.17) is 15.7 Å².